The Hall–Kier alpha value is -3.86. The van der Waals surface area contributed by atoms with Crippen LogP contribution in [0.3, 0.4) is 0 Å². The average molecular weight is 557 g/mol. The van der Waals surface area contributed by atoms with Crippen LogP contribution in [0.1, 0.15) is 27.2 Å². The summed E-state index contributed by atoms with van der Waals surface area (Å²) in [4.78, 5) is 25.0. The van der Waals surface area contributed by atoms with Gasteiger partial charge in [-0.25, -0.2) is 13.4 Å². The zero-order valence-electron chi connectivity index (χ0n) is 21.8. The number of rotatable bonds is 4. The second-order valence-corrected chi connectivity index (χ2v) is 12.4. The Morgan fingerprint density at radius 2 is 2.00 bits per heavy atom. The van der Waals surface area contributed by atoms with E-state index in [2.05, 4.69) is 33.4 Å². The summed E-state index contributed by atoms with van der Waals surface area (Å²) < 4.78 is 36.3. The summed E-state index contributed by atoms with van der Waals surface area (Å²) >= 11 is 0. The van der Waals surface area contributed by atoms with E-state index in [9.17, 15) is 13.2 Å². The molecule has 40 heavy (non-hydrogen) atoms. The number of nitrogens with one attached hydrogen (secondary N) is 1. The molecule has 3 aliphatic rings. The van der Waals surface area contributed by atoms with Crippen LogP contribution in [0.4, 0.5) is 5.69 Å². The van der Waals surface area contributed by atoms with Gasteiger partial charge in [0.1, 0.15) is 0 Å². The molecule has 1 atom stereocenters. The molecule has 1 fully saturated rings. The lowest BCUT2D eigenvalue weighted by Crippen LogP contribution is -2.43. The zero-order chi connectivity index (χ0) is 27.3. The van der Waals surface area contributed by atoms with Crippen molar-refractivity contribution in [3.63, 3.8) is 0 Å². The van der Waals surface area contributed by atoms with Crippen molar-refractivity contribution in [2.24, 2.45) is 0 Å². The molecule has 1 N–H and O–H groups in total. The molecule has 0 aliphatic carbocycles. The monoisotopic (exact) mass is 556 g/mol. The minimum absolute atomic E-state index is 0.0971. The van der Waals surface area contributed by atoms with E-state index >= 15 is 0 Å². The zero-order valence-corrected chi connectivity index (χ0v) is 22.6. The van der Waals surface area contributed by atoms with Crippen LogP contribution in [0.25, 0.3) is 22.2 Å². The lowest BCUT2D eigenvalue weighted by Gasteiger charge is -2.31. The number of fused-ring (bicyclic) bond motifs is 5. The molecule has 3 aliphatic heterocycles. The van der Waals surface area contributed by atoms with Gasteiger partial charge < -0.3 is 19.7 Å². The third-order valence-electron chi connectivity index (χ3n) is 7.88. The van der Waals surface area contributed by atoms with Gasteiger partial charge in [0.2, 0.25) is 0 Å². The number of morpholine rings is 1. The minimum atomic E-state index is -3.50. The number of carbonyl (C=O) groups is 1. The highest BCUT2D eigenvalue weighted by Crippen LogP contribution is 2.39. The highest BCUT2D eigenvalue weighted by Gasteiger charge is 2.33. The second-order valence-electron chi connectivity index (χ2n) is 10.4. The number of hydrogen-bond acceptors (Lipinski definition) is 8. The van der Waals surface area contributed by atoms with E-state index in [1.807, 2.05) is 18.2 Å². The van der Waals surface area contributed by atoms with E-state index in [4.69, 9.17) is 14.5 Å². The highest BCUT2D eigenvalue weighted by atomic mass is 32.2. The summed E-state index contributed by atoms with van der Waals surface area (Å²) in [5.74, 6) is -0.466. The number of amides is 1. The van der Waals surface area contributed by atoms with Crippen molar-refractivity contribution < 1.29 is 22.7 Å². The summed E-state index contributed by atoms with van der Waals surface area (Å²) in [5, 5.41) is 3.78. The Morgan fingerprint density at radius 1 is 1.07 bits per heavy atom. The third kappa shape index (κ3) is 4.51. The molecule has 0 radical (unpaired) electrons. The normalized spacial score (nSPS) is 19.4. The van der Waals surface area contributed by atoms with Crippen LogP contribution in [0.5, 0.6) is 0 Å². The molecule has 9 nitrogen and oxygen atoms in total. The maximum Gasteiger partial charge on any atom is 0.251 e. The molecule has 2 aromatic heterocycles. The maximum absolute atomic E-state index is 12.9. The molecule has 1 unspecified atom stereocenters. The molecule has 2 aromatic carbocycles. The number of hydrogen-bond donors (Lipinski definition) is 1. The van der Waals surface area contributed by atoms with E-state index in [0.717, 1.165) is 48.3 Å². The summed E-state index contributed by atoms with van der Waals surface area (Å²) in [6, 6.07) is 17.4. The Bertz CT molecular complexity index is 1760. The van der Waals surface area contributed by atoms with Crippen molar-refractivity contribution in [3.8, 4) is 11.3 Å². The lowest BCUT2D eigenvalue weighted by molar-refractivity contribution is 0.0949. The highest BCUT2D eigenvalue weighted by molar-refractivity contribution is 7.91. The van der Waals surface area contributed by atoms with Crippen LogP contribution in [0.15, 0.2) is 65.7 Å². The van der Waals surface area contributed by atoms with Crippen LogP contribution in [0, 0.1) is 0 Å². The number of sulfone groups is 1. The standard InChI is InChI=1S/C30H28N4O5S/c35-30(19-4-5-21-17-39-10-11-40(36,37)29(21)12-19)32-16-22-13-27-20(15-31-22)6-7-26(33-27)24-2-1-3-28-25(24)14-23-18-38-9-8-34(23)28/h1-7,12-13,15,23H,8-11,14,16-18H2,(H,32,35). The molecule has 7 rings (SSSR count). The Balaban J connectivity index is 1.12. The molecule has 1 amide bonds. The number of benzene rings is 2. The van der Waals surface area contributed by atoms with E-state index in [0.29, 0.717) is 17.3 Å². The Morgan fingerprint density at radius 3 is 2.92 bits per heavy atom. The molecular formula is C30H28N4O5S. The van der Waals surface area contributed by atoms with Crippen LogP contribution in [-0.2, 0) is 38.9 Å². The first-order valence-corrected chi connectivity index (χ1v) is 15.1. The average Bonchev–Trinajstić information content (AvgIpc) is 3.29. The summed E-state index contributed by atoms with van der Waals surface area (Å²) in [6.07, 6.45) is 2.70. The van der Waals surface area contributed by atoms with Gasteiger partial charge in [-0.05, 0) is 53.9 Å². The van der Waals surface area contributed by atoms with Crippen LogP contribution in [-0.4, -0.2) is 62.5 Å². The Labute approximate surface area is 232 Å². The van der Waals surface area contributed by atoms with Gasteiger partial charge in [0, 0.05) is 34.9 Å². The van der Waals surface area contributed by atoms with E-state index in [1.165, 1.54) is 17.3 Å². The fraction of sp³-hybridized carbons (Fsp3) is 0.300. The van der Waals surface area contributed by atoms with Gasteiger partial charge in [0.05, 0.1) is 66.6 Å². The number of ether oxygens (including phenoxy) is 2. The molecular weight excluding hydrogens is 528 g/mol. The molecule has 0 bridgehead atoms. The van der Waals surface area contributed by atoms with Crippen LogP contribution >= 0.6 is 0 Å². The molecule has 0 saturated carbocycles. The molecule has 0 spiro atoms. The van der Waals surface area contributed by atoms with Gasteiger partial charge in [-0.15, -0.1) is 0 Å². The minimum Gasteiger partial charge on any atom is -0.377 e. The fourth-order valence-corrected chi connectivity index (χ4v) is 7.21. The number of nitrogens with zero attached hydrogens (tertiary/aromatic N) is 3. The van der Waals surface area contributed by atoms with E-state index in [-0.39, 0.29) is 41.9 Å². The van der Waals surface area contributed by atoms with Gasteiger partial charge in [-0.1, -0.05) is 18.2 Å². The largest absolute Gasteiger partial charge is 0.377 e. The first-order valence-electron chi connectivity index (χ1n) is 13.4. The number of pyridine rings is 2. The third-order valence-corrected chi connectivity index (χ3v) is 9.64. The van der Waals surface area contributed by atoms with Gasteiger partial charge >= 0.3 is 0 Å². The molecule has 1 saturated heterocycles. The molecule has 10 heteroatoms. The van der Waals surface area contributed by atoms with Gasteiger partial charge in [-0.2, -0.15) is 0 Å². The van der Waals surface area contributed by atoms with Crippen molar-refractivity contribution in [2.45, 2.75) is 30.5 Å². The lowest BCUT2D eigenvalue weighted by atomic mass is 9.99. The maximum atomic E-state index is 12.9. The second kappa shape index (κ2) is 9.96. The number of aromatic nitrogens is 2. The van der Waals surface area contributed by atoms with Crippen LogP contribution < -0.4 is 10.2 Å². The SMILES string of the molecule is O=C(NCc1cc2nc(-c3cccc4c3CC3COCCN43)ccc2cn1)c1ccc2c(c1)S(=O)(=O)CCOC2. The quantitative estimate of drug-likeness (QED) is 0.408. The summed E-state index contributed by atoms with van der Waals surface area (Å²) in [7, 11) is -3.50. The first-order chi connectivity index (χ1) is 19.5. The first kappa shape index (κ1) is 25.1. The van der Waals surface area contributed by atoms with Crippen LogP contribution in [0.2, 0.25) is 0 Å². The van der Waals surface area contributed by atoms with E-state index < -0.39 is 9.84 Å². The fourth-order valence-electron chi connectivity index (χ4n) is 5.82. The van der Waals surface area contributed by atoms with Crippen molar-refractivity contribution in [3.05, 3.63) is 83.2 Å². The predicted octanol–water partition coefficient (Wildman–Crippen LogP) is 3.29. The van der Waals surface area contributed by atoms with Gasteiger partial charge in [0.25, 0.3) is 5.91 Å². The summed E-state index contributed by atoms with van der Waals surface area (Å²) in [6.45, 7) is 2.94. The van der Waals surface area contributed by atoms with Crippen molar-refractivity contribution in [2.75, 3.05) is 37.0 Å². The van der Waals surface area contributed by atoms with E-state index in [1.54, 1.807) is 18.3 Å². The van der Waals surface area contributed by atoms with Gasteiger partial charge in [0.15, 0.2) is 9.84 Å². The smallest absolute Gasteiger partial charge is 0.251 e. The molecule has 5 heterocycles. The molecule has 4 aromatic rings. The molecule has 204 valence electrons. The topological polar surface area (TPSA) is 111 Å². The van der Waals surface area contributed by atoms with Gasteiger partial charge in [-0.3, -0.25) is 9.78 Å². The van der Waals surface area contributed by atoms with Crippen molar-refractivity contribution >= 4 is 32.3 Å². The Kier molecular flexibility index (Phi) is 6.25. The van der Waals surface area contributed by atoms with Crippen molar-refractivity contribution in [1.82, 2.24) is 15.3 Å². The summed E-state index contributed by atoms with van der Waals surface area (Å²) in [5.41, 5.74) is 6.92. The number of anilines is 1. The number of carbonyl (C=O) groups excluding carboxylic acids is 1. The predicted molar refractivity (Wildman–Crippen MR) is 150 cm³/mol. The van der Waals surface area contributed by atoms with Crippen molar-refractivity contribution in [1.29, 1.82) is 0 Å².